The number of nitrogens with one attached hydrogen (secondary N) is 1. The molecule has 1 aromatic heterocycles. The highest BCUT2D eigenvalue weighted by atomic mass is 16.6. The first-order valence-electron chi connectivity index (χ1n) is 3.65. The van der Waals surface area contributed by atoms with Gasteiger partial charge in [-0.15, -0.1) is 0 Å². The molecule has 0 saturated heterocycles. The van der Waals surface area contributed by atoms with E-state index in [2.05, 4.69) is 10.3 Å². The number of pyridine rings is 1. The number of anilines is 1. The quantitative estimate of drug-likeness (QED) is 0.537. The molecular weight excluding hydrogens is 190 g/mol. The van der Waals surface area contributed by atoms with Crippen LogP contribution in [0.25, 0.3) is 0 Å². The third kappa shape index (κ3) is 2.70. The summed E-state index contributed by atoms with van der Waals surface area (Å²) in [4.78, 5) is 23.2. The van der Waals surface area contributed by atoms with Gasteiger partial charge in [0, 0.05) is 6.07 Å². The van der Waals surface area contributed by atoms with Crippen molar-refractivity contribution in [2.75, 3.05) is 11.9 Å². The Balaban J connectivity index is 2.64. The van der Waals surface area contributed by atoms with Crippen molar-refractivity contribution < 1.29 is 14.8 Å². The first kappa shape index (κ1) is 9.90. The van der Waals surface area contributed by atoms with Crippen LogP contribution in [-0.4, -0.2) is 27.5 Å². The van der Waals surface area contributed by atoms with Crippen LogP contribution in [0.5, 0.6) is 0 Å². The zero-order valence-corrected chi connectivity index (χ0v) is 7.01. The van der Waals surface area contributed by atoms with Gasteiger partial charge in [0.05, 0.1) is 5.69 Å². The van der Waals surface area contributed by atoms with E-state index >= 15 is 0 Å². The summed E-state index contributed by atoms with van der Waals surface area (Å²) in [6, 6.07) is 2.60. The molecule has 0 radical (unpaired) electrons. The van der Waals surface area contributed by atoms with Crippen LogP contribution in [-0.2, 0) is 4.79 Å². The molecule has 0 aliphatic rings. The van der Waals surface area contributed by atoms with Gasteiger partial charge in [-0.1, -0.05) is 0 Å². The Morgan fingerprint density at radius 2 is 2.36 bits per heavy atom. The average molecular weight is 197 g/mol. The Morgan fingerprint density at radius 3 is 2.79 bits per heavy atom. The SMILES string of the molecule is O=C(O)CNc1ccc([N+](=O)[O-])nc1. The number of nitrogens with zero attached hydrogens (tertiary/aromatic N) is 2. The van der Waals surface area contributed by atoms with Gasteiger partial charge in [0.1, 0.15) is 6.54 Å². The second kappa shape index (κ2) is 4.17. The lowest BCUT2D eigenvalue weighted by molar-refractivity contribution is -0.389. The summed E-state index contributed by atoms with van der Waals surface area (Å²) in [5.74, 6) is -1.28. The number of aromatic nitrogens is 1. The summed E-state index contributed by atoms with van der Waals surface area (Å²) in [5, 5.41) is 21.1. The molecular formula is C7H7N3O4. The van der Waals surface area contributed by atoms with Crippen molar-refractivity contribution >= 4 is 17.5 Å². The van der Waals surface area contributed by atoms with Crippen molar-refractivity contribution in [2.45, 2.75) is 0 Å². The van der Waals surface area contributed by atoms with Crippen molar-refractivity contribution in [1.82, 2.24) is 4.98 Å². The third-order valence-corrected chi connectivity index (χ3v) is 1.38. The zero-order valence-electron chi connectivity index (χ0n) is 7.01. The predicted molar refractivity (Wildman–Crippen MR) is 47.0 cm³/mol. The highest BCUT2D eigenvalue weighted by Crippen LogP contribution is 2.10. The molecule has 0 spiro atoms. The Labute approximate surface area is 78.5 Å². The van der Waals surface area contributed by atoms with Gasteiger partial charge in [-0.3, -0.25) is 4.79 Å². The lowest BCUT2D eigenvalue weighted by Gasteiger charge is -1.99. The van der Waals surface area contributed by atoms with Gasteiger partial charge < -0.3 is 20.5 Å². The number of carbonyl (C=O) groups is 1. The first-order chi connectivity index (χ1) is 6.59. The van der Waals surface area contributed by atoms with E-state index in [0.717, 1.165) is 0 Å². The summed E-state index contributed by atoms with van der Waals surface area (Å²) in [6.45, 7) is -0.251. The van der Waals surface area contributed by atoms with Gasteiger partial charge in [-0.2, -0.15) is 0 Å². The van der Waals surface area contributed by atoms with E-state index in [1.165, 1.54) is 18.3 Å². The Bertz CT molecular complexity index is 348. The van der Waals surface area contributed by atoms with Crippen molar-refractivity contribution in [1.29, 1.82) is 0 Å². The van der Waals surface area contributed by atoms with Crippen LogP contribution >= 0.6 is 0 Å². The highest BCUT2D eigenvalue weighted by molar-refractivity contribution is 5.72. The van der Waals surface area contributed by atoms with Crippen LogP contribution in [0.15, 0.2) is 18.3 Å². The summed E-state index contributed by atoms with van der Waals surface area (Å²) in [5.41, 5.74) is 0.429. The molecule has 0 aliphatic carbocycles. The fraction of sp³-hybridized carbons (Fsp3) is 0.143. The summed E-state index contributed by atoms with van der Waals surface area (Å²) < 4.78 is 0. The largest absolute Gasteiger partial charge is 0.480 e. The average Bonchev–Trinajstić information content (AvgIpc) is 2.15. The standard InChI is InChI=1S/C7H7N3O4/c11-7(12)4-8-5-1-2-6(9-3-5)10(13)14/h1-3,8H,4H2,(H,11,12). The number of carboxylic acids is 1. The Morgan fingerprint density at radius 1 is 1.64 bits per heavy atom. The molecule has 2 N–H and O–H groups in total. The molecule has 0 aromatic carbocycles. The monoisotopic (exact) mass is 197 g/mol. The summed E-state index contributed by atoms with van der Waals surface area (Å²) >= 11 is 0. The normalized spacial score (nSPS) is 9.43. The van der Waals surface area contributed by atoms with E-state index in [4.69, 9.17) is 5.11 Å². The van der Waals surface area contributed by atoms with E-state index in [9.17, 15) is 14.9 Å². The number of hydrogen-bond acceptors (Lipinski definition) is 5. The smallest absolute Gasteiger partial charge is 0.363 e. The van der Waals surface area contributed by atoms with Crippen molar-refractivity contribution in [2.24, 2.45) is 0 Å². The van der Waals surface area contributed by atoms with Gasteiger partial charge in [-0.25, -0.2) is 0 Å². The fourth-order valence-electron chi connectivity index (χ4n) is 0.776. The molecule has 14 heavy (non-hydrogen) atoms. The van der Waals surface area contributed by atoms with E-state index in [1.807, 2.05) is 0 Å². The number of rotatable bonds is 4. The maximum absolute atomic E-state index is 10.2. The molecule has 1 aromatic rings. The molecule has 0 saturated carbocycles. The molecule has 1 rings (SSSR count). The number of nitro groups is 1. The minimum Gasteiger partial charge on any atom is -0.480 e. The van der Waals surface area contributed by atoms with E-state index in [1.54, 1.807) is 0 Å². The molecule has 0 unspecified atom stereocenters. The van der Waals surface area contributed by atoms with E-state index in [-0.39, 0.29) is 12.4 Å². The van der Waals surface area contributed by atoms with Crippen molar-refractivity contribution in [3.8, 4) is 0 Å². The van der Waals surface area contributed by atoms with E-state index in [0.29, 0.717) is 5.69 Å². The minimum atomic E-state index is -1.01. The van der Waals surface area contributed by atoms with Crippen LogP contribution in [0.3, 0.4) is 0 Å². The predicted octanol–water partition coefficient (Wildman–Crippen LogP) is 0.486. The maximum atomic E-state index is 10.2. The minimum absolute atomic E-state index is 0.251. The zero-order chi connectivity index (χ0) is 10.6. The lowest BCUT2D eigenvalue weighted by atomic mass is 10.4. The lowest BCUT2D eigenvalue weighted by Crippen LogP contribution is -2.12. The van der Waals surface area contributed by atoms with E-state index < -0.39 is 10.9 Å². The Hall–Kier alpha value is -2.18. The fourth-order valence-corrected chi connectivity index (χ4v) is 0.776. The molecule has 74 valence electrons. The number of carboxylic acid groups (broad SMARTS) is 1. The van der Waals surface area contributed by atoms with Crippen LogP contribution < -0.4 is 5.32 Å². The molecule has 7 heteroatoms. The van der Waals surface area contributed by atoms with Crippen molar-refractivity contribution in [3.63, 3.8) is 0 Å². The van der Waals surface area contributed by atoms with Crippen LogP contribution in [0.2, 0.25) is 0 Å². The molecule has 0 fully saturated rings. The van der Waals surface area contributed by atoms with Crippen molar-refractivity contribution in [3.05, 3.63) is 28.4 Å². The Kier molecular flexibility index (Phi) is 2.95. The summed E-state index contributed by atoms with van der Waals surface area (Å²) in [7, 11) is 0. The molecule has 0 aliphatic heterocycles. The van der Waals surface area contributed by atoms with Gasteiger partial charge >= 0.3 is 11.8 Å². The molecule has 0 bridgehead atoms. The highest BCUT2D eigenvalue weighted by Gasteiger charge is 2.06. The second-order valence-electron chi connectivity index (χ2n) is 2.41. The second-order valence-corrected chi connectivity index (χ2v) is 2.41. The summed E-state index contributed by atoms with van der Waals surface area (Å²) in [6.07, 6.45) is 1.21. The molecule has 0 amide bonds. The first-order valence-corrected chi connectivity index (χ1v) is 3.65. The van der Waals surface area contributed by atoms with Gasteiger partial charge in [-0.05, 0) is 16.0 Å². The maximum Gasteiger partial charge on any atom is 0.363 e. The van der Waals surface area contributed by atoms with Crippen LogP contribution in [0.4, 0.5) is 11.5 Å². The van der Waals surface area contributed by atoms with Gasteiger partial charge in [0.25, 0.3) is 0 Å². The molecule has 0 atom stereocenters. The topological polar surface area (TPSA) is 105 Å². The van der Waals surface area contributed by atoms with Gasteiger partial charge in [0.2, 0.25) is 0 Å². The number of hydrogen-bond donors (Lipinski definition) is 2. The molecule has 1 heterocycles. The number of aliphatic carboxylic acids is 1. The third-order valence-electron chi connectivity index (χ3n) is 1.38. The van der Waals surface area contributed by atoms with Gasteiger partial charge in [0.15, 0.2) is 6.20 Å². The van der Waals surface area contributed by atoms with Crippen LogP contribution in [0, 0.1) is 10.1 Å². The molecule has 7 nitrogen and oxygen atoms in total. The van der Waals surface area contributed by atoms with Crippen LogP contribution in [0.1, 0.15) is 0 Å².